The zero-order valence-corrected chi connectivity index (χ0v) is 14.9. The number of amides is 1. The van der Waals surface area contributed by atoms with Crippen LogP contribution in [0.1, 0.15) is 40.2 Å². The third-order valence-electron chi connectivity index (χ3n) is 5.37. The summed E-state index contributed by atoms with van der Waals surface area (Å²) in [6.45, 7) is 11.2. The van der Waals surface area contributed by atoms with E-state index in [-0.39, 0.29) is 30.3 Å². The largest absolute Gasteiger partial charge is 0.454 e. The number of rotatable bonds is 4. The van der Waals surface area contributed by atoms with Gasteiger partial charge in [-0.1, -0.05) is 19.0 Å². The summed E-state index contributed by atoms with van der Waals surface area (Å²) in [4.78, 5) is 19.4. The summed E-state index contributed by atoms with van der Waals surface area (Å²) < 4.78 is 10.6. The maximum absolute atomic E-state index is 12.3. The Morgan fingerprint density at radius 3 is 2.62 bits per heavy atom. The Kier molecular flexibility index (Phi) is 3.94. The van der Waals surface area contributed by atoms with Gasteiger partial charge in [0.15, 0.2) is 18.1 Å². The highest BCUT2D eigenvalue weighted by Gasteiger charge is 2.54. The minimum Gasteiger partial charge on any atom is -0.454 e. The second-order valence-corrected chi connectivity index (χ2v) is 7.44. The summed E-state index contributed by atoms with van der Waals surface area (Å²) in [5.74, 6) is 1.38. The molecule has 130 valence electrons. The highest BCUT2D eigenvalue weighted by atomic mass is 16.7. The fraction of sp³-hybridized carbons (Fsp3) is 0.556. The van der Waals surface area contributed by atoms with Crippen LogP contribution in [0.15, 0.2) is 23.4 Å². The van der Waals surface area contributed by atoms with Gasteiger partial charge in [-0.15, -0.1) is 0 Å². The Labute approximate surface area is 142 Å². The van der Waals surface area contributed by atoms with Crippen molar-refractivity contribution in [3.63, 3.8) is 0 Å². The van der Waals surface area contributed by atoms with Gasteiger partial charge >= 0.3 is 0 Å². The molecule has 0 unspecified atom stereocenters. The van der Waals surface area contributed by atoms with Gasteiger partial charge < -0.3 is 19.2 Å². The number of hydrogen-bond acceptors (Lipinski definition) is 5. The molecule has 2 aliphatic rings. The second kappa shape index (κ2) is 5.69. The fourth-order valence-corrected chi connectivity index (χ4v) is 2.90. The molecular weight excluding hydrogens is 308 g/mol. The van der Waals surface area contributed by atoms with Crippen LogP contribution in [0.3, 0.4) is 0 Å². The molecule has 3 rings (SSSR count). The topological polar surface area (TPSA) is 60.4 Å². The van der Waals surface area contributed by atoms with Crippen molar-refractivity contribution in [3.05, 3.63) is 23.8 Å². The average Bonchev–Trinajstić information content (AvgIpc) is 2.99. The quantitative estimate of drug-likeness (QED) is 0.628. The minimum atomic E-state index is -0.163. The smallest absolute Gasteiger partial charge is 0.263 e. The van der Waals surface area contributed by atoms with Gasteiger partial charge in [-0.25, -0.2) is 0 Å². The Balaban J connectivity index is 1.57. The highest BCUT2D eigenvalue weighted by molar-refractivity contribution is 5.99. The molecule has 2 heterocycles. The Morgan fingerprint density at radius 1 is 1.25 bits per heavy atom. The third kappa shape index (κ3) is 2.70. The lowest BCUT2D eigenvalue weighted by atomic mass is 9.65. The summed E-state index contributed by atoms with van der Waals surface area (Å²) in [5, 5.41) is 4.06. The first kappa shape index (κ1) is 16.6. The first-order valence-corrected chi connectivity index (χ1v) is 8.09. The molecule has 0 spiro atoms. The van der Waals surface area contributed by atoms with Gasteiger partial charge in [0.1, 0.15) is 0 Å². The number of ether oxygens (including phenoxy) is 2. The van der Waals surface area contributed by atoms with Gasteiger partial charge in [0.2, 0.25) is 6.79 Å². The van der Waals surface area contributed by atoms with Crippen LogP contribution in [0.25, 0.3) is 0 Å². The summed E-state index contributed by atoms with van der Waals surface area (Å²) in [5.41, 5.74) is 1.51. The molecular formula is C18H24N2O4. The van der Waals surface area contributed by atoms with E-state index in [0.29, 0.717) is 11.5 Å². The number of oxime groups is 1. The molecule has 0 atom stereocenters. The lowest BCUT2D eigenvalue weighted by Crippen LogP contribution is -2.71. The van der Waals surface area contributed by atoms with Crippen molar-refractivity contribution < 1.29 is 19.1 Å². The van der Waals surface area contributed by atoms with Crippen LogP contribution < -0.4 is 9.47 Å². The number of likely N-dealkylation sites (tertiary alicyclic amines) is 1. The molecule has 1 saturated heterocycles. The van der Waals surface area contributed by atoms with Gasteiger partial charge in [0, 0.05) is 23.1 Å². The molecule has 6 nitrogen and oxygen atoms in total. The van der Waals surface area contributed by atoms with E-state index < -0.39 is 0 Å². The maximum atomic E-state index is 12.3. The van der Waals surface area contributed by atoms with Gasteiger partial charge in [-0.3, -0.25) is 4.79 Å². The lowest BCUT2D eigenvalue weighted by molar-refractivity contribution is -0.171. The molecule has 0 bridgehead atoms. The molecule has 1 aromatic rings. The van der Waals surface area contributed by atoms with Crippen LogP contribution in [0.4, 0.5) is 0 Å². The summed E-state index contributed by atoms with van der Waals surface area (Å²) in [6.07, 6.45) is 0. The predicted molar refractivity (Wildman–Crippen MR) is 90.3 cm³/mol. The molecule has 1 fully saturated rings. The van der Waals surface area contributed by atoms with Crippen LogP contribution in [-0.2, 0) is 9.63 Å². The van der Waals surface area contributed by atoms with E-state index in [9.17, 15) is 4.79 Å². The van der Waals surface area contributed by atoms with Gasteiger partial charge in [-0.2, -0.15) is 0 Å². The maximum Gasteiger partial charge on any atom is 0.263 e. The van der Waals surface area contributed by atoms with Crippen molar-refractivity contribution in [1.82, 2.24) is 4.90 Å². The number of carbonyl (C=O) groups is 1. The Morgan fingerprint density at radius 2 is 1.96 bits per heavy atom. The highest BCUT2D eigenvalue weighted by Crippen LogP contribution is 2.46. The normalized spacial score (nSPS) is 20.5. The molecule has 1 amide bonds. The molecule has 2 aliphatic heterocycles. The van der Waals surface area contributed by atoms with E-state index in [1.54, 1.807) is 0 Å². The van der Waals surface area contributed by atoms with E-state index in [1.165, 1.54) is 0 Å². The molecule has 0 N–H and O–H groups in total. The predicted octanol–water partition coefficient (Wildman–Crippen LogP) is 2.80. The monoisotopic (exact) mass is 332 g/mol. The molecule has 0 aliphatic carbocycles. The Bertz CT molecular complexity index is 694. The first-order valence-electron chi connectivity index (χ1n) is 8.09. The SMILES string of the molecule is C/C(=N\OCC(=O)N1CC(C)(C)C1(C)C)c1ccc2c(c1)OCO2. The van der Waals surface area contributed by atoms with Crippen molar-refractivity contribution in [2.45, 2.75) is 40.2 Å². The van der Waals surface area contributed by atoms with Crippen LogP contribution in [0.2, 0.25) is 0 Å². The number of carbonyl (C=O) groups excluding carboxylic acids is 1. The molecule has 0 radical (unpaired) electrons. The summed E-state index contributed by atoms with van der Waals surface area (Å²) in [7, 11) is 0. The van der Waals surface area contributed by atoms with E-state index in [4.69, 9.17) is 14.3 Å². The average molecular weight is 332 g/mol. The van der Waals surface area contributed by atoms with E-state index >= 15 is 0 Å². The van der Waals surface area contributed by atoms with Gasteiger partial charge in [0.25, 0.3) is 5.91 Å². The molecule has 0 saturated carbocycles. The van der Waals surface area contributed by atoms with Crippen molar-refractivity contribution in [2.75, 3.05) is 19.9 Å². The van der Waals surface area contributed by atoms with Crippen LogP contribution in [0, 0.1) is 5.41 Å². The van der Waals surface area contributed by atoms with Crippen LogP contribution in [-0.4, -0.2) is 42.0 Å². The zero-order valence-electron chi connectivity index (χ0n) is 14.9. The summed E-state index contributed by atoms with van der Waals surface area (Å²) in [6, 6.07) is 5.58. The van der Waals surface area contributed by atoms with Crippen molar-refractivity contribution in [2.24, 2.45) is 10.6 Å². The first-order chi connectivity index (χ1) is 11.2. The van der Waals surface area contributed by atoms with Gasteiger partial charge in [0.05, 0.1) is 5.71 Å². The van der Waals surface area contributed by atoms with Crippen LogP contribution >= 0.6 is 0 Å². The van der Waals surface area contributed by atoms with Crippen LogP contribution in [0.5, 0.6) is 11.5 Å². The fourth-order valence-electron chi connectivity index (χ4n) is 2.90. The molecule has 24 heavy (non-hydrogen) atoms. The van der Waals surface area contributed by atoms with E-state index in [0.717, 1.165) is 17.9 Å². The lowest BCUT2D eigenvalue weighted by Gasteiger charge is -2.61. The summed E-state index contributed by atoms with van der Waals surface area (Å²) >= 11 is 0. The number of fused-ring (bicyclic) bond motifs is 1. The number of hydrogen-bond donors (Lipinski definition) is 0. The minimum absolute atomic E-state index is 0.0402. The molecule has 6 heteroatoms. The van der Waals surface area contributed by atoms with E-state index in [1.807, 2.05) is 30.0 Å². The van der Waals surface area contributed by atoms with E-state index in [2.05, 4.69) is 32.9 Å². The number of benzene rings is 1. The zero-order chi connectivity index (χ0) is 17.5. The Hall–Kier alpha value is -2.24. The second-order valence-electron chi connectivity index (χ2n) is 7.44. The standard InChI is InChI=1S/C18H24N2O4/c1-12(13-6-7-14-15(8-13)23-11-22-14)19-24-9-16(21)20-10-17(2,3)18(20,4)5/h6-8H,9-11H2,1-5H3/b19-12+. The van der Waals surface area contributed by atoms with Gasteiger partial charge in [-0.05, 0) is 39.0 Å². The van der Waals surface area contributed by atoms with Crippen molar-refractivity contribution in [1.29, 1.82) is 0 Å². The van der Waals surface area contributed by atoms with Crippen molar-refractivity contribution >= 4 is 11.6 Å². The third-order valence-corrected chi connectivity index (χ3v) is 5.37. The molecule has 1 aromatic carbocycles. The number of nitrogens with zero attached hydrogens (tertiary/aromatic N) is 2. The van der Waals surface area contributed by atoms with Crippen molar-refractivity contribution in [3.8, 4) is 11.5 Å². The molecule has 0 aromatic heterocycles.